The first kappa shape index (κ1) is 22.0. The highest BCUT2D eigenvalue weighted by Crippen LogP contribution is 2.37. The third kappa shape index (κ3) is 4.85. The van der Waals surface area contributed by atoms with Crippen molar-refractivity contribution in [1.82, 2.24) is 0 Å². The largest absolute Gasteiger partial charge is 0.378 e. The molecule has 0 bridgehead atoms. The zero-order valence-corrected chi connectivity index (χ0v) is 20.2. The van der Waals surface area contributed by atoms with Crippen LogP contribution in [0.4, 0.5) is 0 Å². The van der Waals surface area contributed by atoms with Crippen LogP contribution >= 0.6 is 7.92 Å². The molecule has 4 heteroatoms. The summed E-state index contributed by atoms with van der Waals surface area (Å²) in [4.78, 5) is 0. The van der Waals surface area contributed by atoms with E-state index in [0.29, 0.717) is 0 Å². The Labute approximate surface area is 186 Å². The molecule has 3 nitrogen and oxygen atoms in total. The van der Waals surface area contributed by atoms with Crippen LogP contribution in [0.1, 0.15) is 44.7 Å². The van der Waals surface area contributed by atoms with Crippen molar-refractivity contribution in [3.8, 4) is 11.1 Å². The molecule has 3 atom stereocenters. The Hall–Kier alpha value is -2.19. The third-order valence-corrected chi connectivity index (χ3v) is 7.76. The number of nitrogens with zero attached hydrogens (tertiary/aromatic N) is 1. The van der Waals surface area contributed by atoms with Crippen LogP contribution in [0, 0.1) is 13.8 Å². The van der Waals surface area contributed by atoms with Crippen LogP contribution in [0.15, 0.2) is 60.8 Å². The van der Waals surface area contributed by atoms with Crippen LogP contribution in [0.3, 0.4) is 0 Å². The van der Waals surface area contributed by atoms with Gasteiger partial charge in [0.2, 0.25) is 5.52 Å². The summed E-state index contributed by atoms with van der Waals surface area (Å²) in [6.07, 6.45) is 4.53. The normalized spacial score (nSPS) is 14.3. The maximum Gasteiger partial charge on any atom is 0.298 e. The van der Waals surface area contributed by atoms with Crippen LogP contribution < -0.4 is 8.69 Å². The van der Waals surface area contributed by atoms with Crippen molar-refractivity contribution in [3.05, 3.63) is 71.9 Å². The number of pyridine rings is 1. The molecule has 0 spiro atoms. The molecule has 3 unspecified atom stereocenters. The van der Waals surface area contributed by atoms with E-state index in [4.69, 9.17) is 9.26 Å². The van der Waals surface area contributed by atoms with Gasteiger partial charge in [0.15, 0.2) is 6.20 Å². The molecule has 0 amide bonds. The lowest BCUT2D eigenvalue weighted by Gasteiger charge is -2.16. The molecule has 2 heterocycles. The highest BCUT2D eigenvalue weighted by molar-refractivity contribution is 7.44. The van der Waals surface area contributed by atoms with Gasteiger partial charge in [-0.05, 0) is 63.4 Å². The Morgan fingerprint density at radius 1 is 0.871 bits per heavy atom. The van der Waals surface area contributed by atoms with E-state index < -0.39 is 7.92 Å². The van der Waals surface area contributed by atoms with E-state index in [2.05, 4.69) is 99.6 Å². The van der Waals surface area contributed by atoms with Gasteiger partial charge in [-0.3, -0.25) is 4.52 Å². The summed E-state index contributed by atoms with van der Waals surface area (Å²) in [5, 5.41) is 2.60. The number of rotatable bonds is 8. The van der Waals surface area contributed by atoms with Crippen LogP contribution in [-0.4, -0.2) is 18.8 Å². The second-order valence-corrected chi connectivity index (χ2v) is 10.3. The molecule has 0 aliphatic heterocycles. The molecule has 0 aliphatic carbocycles. The van der Waals surface area contributed by atoms with Gasteiger partial charge in [-0.25, -0.2) is 0 Å². The van der Waals surface area contributed by atoms with Crippen molar-refractivity contribution in [2.24, 2.45) is 0 Å². The van der Waals surface area contributed by atoms with Crippen molar-refractivity contribution in [1.29, 1.82) is 0 Å². The molecule has 0 aliphatic rings. The fraction of sp³-hybridized carbons (Fsp3) is 0.370. The molecule has 31 heavy (non-hydrogen) atoms. The minimum Gasteiger partial charge on any atom is -0.378 e. The molecule has 0 fully saturated rings. The van der Waals surface area contributed by atoms with E-state index in [1.54, 1.807) is 0 Å². The van der Waals surface area contributed by atoms with Crippen LogP contribution in [0.25, 0.3) is 27.1 Å². The molecule has 0 saturated heterocycles. The third-order valence-electron chi connectivity index (χ3n) is 5.69. The zero-order chi connectivity index (χ0) is 22.0. The number of benzene rings is 2. The Morgan fingerprint density at radius 2 is 1.58 bits per heavy atom. The maximum atomic E-state index is 6.73. The molecule has 0 radical (unpaired) electrons. The molecule has 2 aromatic carbocycles. The average molecular weight is 435 g/mol. The number of hydrogen-bond donors (Lipinski definition) is 0. The van der Waals surface area contributed by atoms with E-state index in [1.165, 1.54) is 38.3 Å². The molecule has 2 aromatic heterocycles. The van der Waals surface area contributed by atoms with Crippen molar-refractivity contribution in [3.63, 3.8) is 0 Å². The summed E-state index contributed by atoms with van der Waals surface area (Å²) < 4.78 is 15.0. The first-order chi connectivity index (χ1) is 15.0. The van der Waals surface area contributed by atoms with Crippen LogP contribution in [-0.2, 0) is 4.74 Å². The Balaban J connectivity index is 1.75. The predicted octanol–water partition coefficient (Wildman–Crippen LogP) is 6.87. The first-order valence-electron chi connectivity index (χ1n) is 11.3. The summed E-state index contributed by atoms with van der Waals surface area (Å²) in [5.74, 6) is 0. The second-order valence-electron chi connectivity index (χ2n) is 8.64. The van der Waals surface area contributed by atoms with Gasteiger partial charge in [-0.15, -0.1) is 4.16 Å². The Bertz CT molecular complexity index is 1180. The van der Waals surface area contributed by atoms with Crippen molar-refractivity contribution < 1.29 is 13.4 Å². The van der Waals surface area contributed by atoms with Crippen LogP contribution in [0.5, 0.6) is 0 Å². The van der Waals surface area contributed by atoms with Gasteiger partial charge in [0.25, 0.3) is 7.92 Å². The second kappa shape index (κ2) is 9.53. The van der Waals surface area contributed by atoms with E-state index in [9.17, 15) is 0 Å². The molecule has 162 valence electrons. The lowest BCUT2D eigenvalue weighted by molar-refractivity contribution is -0.438. The number of hydrogen-bond acceptors (Lipinski definition) is 2. The minimum atomic E-state index is -0.928. The highest BCUT2D eigenvalue weighted by atomic mass is 31.1. The van der Waals surface area contributed by atoms with Gasteiger partial charge in [-0.2, -0.15) is 0 Å². The highest BCUT2D eigenvalue weighted by Gasteiger charge is 2.25. The van der Waals surface area contributed by atoms with E-state index in [0.717, 1.165) is 19.4 Å². The fourth-order valence-corrected chi connectivity index (χ4v) is 6.26. The number of ether oxygens (including phenoxy) is 1. The molecule has 4 aromatic rings. The topological polar surface area (TPSA) is 22.6 Å². The van der Waals surface area contributed by atoms with Gasteiger partial charge >= 0.3 is 0 Å². The molecular weight excluding hydrogens is 401 g/mol. The smallest absolute Gasteiger partial charge is 0.298 e. The minimum absolute atomic E-state index is 0.118. The monoisotopic (exact) mass is 434 g/mol. The SMILES string of the molecule is CCCOC(C)CC(C)Op1c2cc(C)ccc2c2ccc(-c3ccc(C)cc3)c[n+]21. The van der Waals surface area contributed by atoms with Gasteiger partial charge in [0.05, 0.1) is 22.7 Å². The molecular formula is C27H33NO2P+. The first-order valence-corrected chi connectivity index (χ1v) is 12.5. The Morgan fingerprint density at radius 3 is 2.32 bits per heavy atom. The quantitative estimate of drug-likeness (QED) is 0.302. The Kier molecular flexibility index (Phi) is 6.77. The van der Waals surface area contributed by atoms with Crippen molar-refractivity contribution >= 4 is 23.9 Å². The summed E-state index contributed by atoms with van der Waals surface area (Å²) >= 11 is 0. The standard InChI is InChI=1S/C27H33NO2P/c1-6-15-29-21(4)17-22(5)30-31-27-16-20(3)9-13-25(27)26-14-12-24(18-28(26)31)23-10-7-19(2)8-11-23/h7-14,16,18,21-22H,6,15,17H2,1-5H3/q+1. The van der Waals surface area contributed by atoms with E-state index >= 15 is 0 Å². The van der Waals surface area contributed by atoms with Gasteiger partial charge in [0, 0.05) is 24.7 Å². The van der Waals surface area contributed by atoms with Gasteiger partial charge < -0.3 is 4.74 Å². The number of fused-ring (bicyclic) bond motifs is 3. The molecule has 0 saturated carbocycles. The van der Waals surface area contributed by atoms with E-state index in [-0.39, 0.29) is 12.2 Å². The fourth-order valence-electron chi connectivity index (χ4n) is 4.08. The summed E-state index contributed by atoms with van der Waals surface area (Å²) in [7, 11) is -0.928. The lowest BCUT2D eigenvalue weighted by atomic mass is 10.1. The van der Waals surface area contributed by atoms with Gasteiger partial charge in [0.1, 0.15) is 0 Å². The average Bonchev–Trinajstić information content (AvgIpc) is 3.04. The molecule has 0 N–H and O–H groups in total. The van der Waals surface area contributed by atoms with Crippen LogP contribution in [0.2, 0.25) is 0 Å². The summed E-state index contributed by atoms with van der Waals surface area (Å²) in [6.45, 7) is 11.6. The molecule has 4 rings (SSSR count). The van der Waals surface area contributed by atoms with Crippen molar-refractivity contribution in [2.45, 2.75) is 59.7 Å². The predicted molar refractivity (Wildman–Crippen MR) is 131 cm³/mol. The lowest BCUT2D eigenvalue weighted by Crippen LogP contribution is -2.25. The van der Waals surface area contributed by atoms with E-state index in [1.807, 2.05) is 0 Å². The summed E-state index contributed by atoms with van der Waals surface area (Å²) in [5.41, 5.74) is 6.24. The maximum absolute atomic E-state index is 6.73. The van der Waals surface area contributed by atoms with Gasteiger partial charge in [-0.1, -0.05) is 42.8 Å². The zero-order valence-electron chi connectivity index (χ0n) is 19.3. The van der Waals surface area contributed by atoms with Crippen molar-refractivity contribution in [2.75, 3.05) is 6.61 Å². The number of aromatic nitrogens is 1. The number of aryl methyl sites for hydroxylation is 2. The summed E-state index contributed by atoms with van der Waals surface area (Å²) in [6, 6.07) is 19.9.